The second-order valence-electron chi connectivity index (χ2n) is 7.79. The molecule has 0 saturated carbocycles. The van der Waals surface area contributed by atoms with E-state index in [1.165, 1.54) is 6.20 Å². The first kappa shape index (κ1) is 22.5. The molecular formula is C25H22ClN3O4. The Morgan fingerprint density at radius 2 is 1.91 bits per heavy atom. The van der Waals surface area contributed by atoms with Crippen LogP contribution < -0.4 is 10.1 Å². The normalized spacial score (nSPS) is 15.6. The van der Waals surface area contributed by atoms with Crippen molar-refractivity contribution in [2.75, 3.05) is 12.4 Å². The fraction of sp³-hybridized carbons (Fsp3) is 0.200. The summed E-state index contributed by atoms with van der Waals surface area (Å²) >= 11 is 6.05. The van der Waals surface area contributed by atoms with E-state index in [-0.39, 0.29) is 30.6 Å². The monoisotopic (exact) mass is 463 g/mol. The van der Waals surface area contributed by atoms with Gasteiger partial charge in [-0.05, 0) is 60.5 Å². The topological polar surface area (TPSA) is 88.6 Å². The minimum atomic E-state index is -0.576. The number of fused-ring (bicyclic) bond motifs is 1. The number of methoxy groups -OCH3 is 1. The van der Waals surface area contributed by atoms with E-state index >= 15 is 0 Å². The summed E-state index contributed by atoms with van der Waals surface area (Å²) in [7, 11) is 1.54. The molecule has 2 aromatic carbocycles. The van der Waals surface area contributed by atoms with Gasteiger partial charge in [-0.15, -0.1) is 0 Å². The number of ketones is 1. The van der Waals surface area contributed by atoms with Crippen LogP contribution in [0, 0.1) is 0 Å². The largest absolute Gasteiger partial charge is 0.495 e. The molecule has 1 aromatic heterocycles. The van der Waals surface area contributed by atoms with Crippen LogP contribution in [-0.4, -0.2) is 40.6 Å². The lowest BCUT2D eigenvalue weighted by Gasteiger charge is -2.26. The number of anilines is 1. The Labute approximate surface area is 196 Å². The van der Waals surface area contributed by atoms with Crippen molar-refractivity contribution in [3.8, 4) is 5.75 Å². The second kappa shape index (κ2) is 9.42. The fourth-order valence-corrected chi connectivity index (χ4v) is 3.88. The number of carbonyl (C=O) groups is 3. The summed E-state index contributed by atoms with van der Waals surface area (Å²) in [5.41, 5.74) is 2.38. The van der Waals surface area contributed by atoms with Crippen LogP contribution in [0.4, 0.5) is 5.82 Å². The molecule has 1 atom stereocenters. The van der Waals surface area contributed by atoms with Crippen molar-refractivity contribution < 1.29 is 19.1 Å². The Bertz CT molecular complexity index is 1210. The summed E-state index contributed by atoms with van der Waals surface area (Å²) in [6.07, 6.45) is 1.68. The fourth-order valence-electron chi connectivity index (χ4n) is 3.69. The van der Waals surface area contributed by atoms with Crippen LogP contribution >= 0.6 is 11.6 Å². The van der Waals surface area contributed by atoms with Crippen molar-refractivity contribution in [2.24, 2.45) is 0 Å². The quantitative estimate of drug-likeness (QED) is 0.614. The number of hydrogen-bond donors (Lipinski definition) is 1. The number of benzene rings is 2. The highest BCUT2D eigenvalue weighted by Crippen LogP contribution is 2.25. The van der Waals surface area contributed by atoms with Crippen LogP contribution in [0.15, 0.2) is 60.8 Å². The maximum Gasteiger partial charge on any atom is 0.256 e. The van der Waals surface area contributed by atoms with Crippen molar-refractivity contribution in [1.29, 1.82) is 0 Å². The molecule has 7 nitrogen and oxygen atoms in total. The van der Waals surface area contributed by atoms with Gasteiger partial charge in [0, 0.05) is 29.1 Å². The van der Waals surface area contributed by atoms with Crippen LogP contribution in [0.25, 0.3) is 0 Å². The second-order valence-corrected chi connectivity index (χ2v) is 8.22. The van der Waals surface area contributed by atoms with Gasteiger partial charge >= 0.3 is 0 Å². The summed E-state index contributed by atoms with van der Waals surface area (Å²) in [6.45, 7) is 1.98. The number of rotatable bonds is 5. The molecule has 8 heteroatoms. The van der Waals surface area contributed by atoms with Crippen molar-refractivity contribution in [3.05, 3.63) is 88.1 Å². The zero-order chi connectivity index (χ0) is 23.5. The number of Topliss-reactive ketones (excluding diaryl/α,β-unsaturated/α-hetero) is 1. The van der Waals surface area contributed by atoms with Crippen molar-refractivity contribution in [1.82, 2.24) is 9.88 Å². The first-order chi connectivity index (χ1) is 15.9. The number of carbonyl (C=O) groups excluding carboxylic acids is 3. The molecule has 1 aliphatic heterocycles. The third kappa shape index (κ3) is 4.88. The summed E-state index contributed by atoms with van der Waals surface area (Å²) in [4.78, 5) is 44.1. The van der Waals surface area contributed by atoms with E-state index in [1.807, 2.05) is 0 Å². The number of nitrogens with zero attached hydrogens (tertiary/aromatic N) is 2. The Balaban J connectivity index is 1.49. The van der Waals surface area contributed by atoms with E-state index in [4.69, 9.17) is 16.3 Å². The first-order valence-corrected chi connectivity index (χ1v) is 10.8. The highest BCUT2D eigenvalue weighted by molar-refractivity contribution is 6.30. The van der Waals surface area contributed by atoms with Gasteiger partial charge in [-0.1, -0.05) is 23.7 Å². The number of halogens is 1. The minimum absolute atomic E-state index is 0.0487. The molecule has 0 radical (unpaired) electrons. The van der Waals surface area contributed by atoms with Crippen LogP contribution in [0.3, 0.4) is 0 Å². The average molecular weight is 464 g/mol. The molecule has 0 spiro atoms. The number of nitrogens with one attached hydrogen (secondary N) is 1. The molecule has 0 aliphatic carbocycles. The molecule has 33 heavy (non-hydrogen) atoms. The Kier molecular flexibility index (Phi) is 6.42. The Morgan fingerprint density at radius 1 is 1.15 bits per heavy atom. The van der Waals surface area contributed by atoms with Gasteiger partial charge in [-0.25, -0.2) is 4.98 Å². The van der Waals surface area contributed by atoms with Crippen LogP contribution in [0.5, 0.6) is 5.75 Å². The average Bonchev–Trinajstić information content (AvgIpc) is 2.90. The number of pyridine rings is 1. The molecule has 0 saturated heterocycles. The van der Waals surface area contributed by atoms with Gasteiger partial charge in [-0.2, -0.15) is 0 Å². The number of amides is 2. The molecule has 2 amide bonds. The molecule has 0 fully saturated rings. The van der Waals surface area contributed by atoms with E-state index in [2.05, 4.69) is 10.3 Å². The maximum atomic E-state index is 13.2. The lowest BCUT2D eigenvalue weighted by atomic mass is 10.0. The molecule has 1 N–H and O–H groups in total. The van der Waals surface area contributed by atoms with E-state index in [9.17, 15) is 14.4 Å². The molecule has 0 bridgehead atoms. The van der Waals surface area contributed by atoms with Gasteiger partial charge in [0.2, 0.25) is 0 Å². The van der Waals surface area contributed by atoms with Crippen molar-refractivity contribution in [3.63, 3.8) is 0 Å². The molecule has 3 aromatic rings. The van der Waals surface area contributed by atoms with E-state index < -0.39 is 6.04 Å². The van der Waals surface area contributed by atoms with Crippen molar-refractivity contribution >= 4 is 35.0 Å². The summed E-state index contributed by atoms with van der Waals surface area (Å²) in [6, 6.07) is 14.7. The zero-order valence-electron chi connectivity index (χ0n) is 18.2. The number of hydrogen-bond acceptors (Lipinski definition) is 5. The molecule has 0 unspecified atom stereocenters. The van der Waals surface area contributed by atoms with Gasteiger partial charge in [-0.3, -0.25) is 14.4 Å². The third-order valence-electron chi connectivity index (χ3n) is 5.64. The number of aromatic nitrogens is 1. The van der Waals surface area contributed by atoms with Crippen LogP contribution in [-0.2, 0) is 17.8 Å². The van der Waals surface area contributed by atoms with E-state index in [1.54, 1.807) is 73.5 Å². The van der Waals surface area contributed by atoms with Crippen molar-refractivity contribution in [2.45, 2.75) is 25.9 Å². The highest BCUT2D eigenvalue weighted by Gasteiger charge is 2.32. The summed E-state index contributed by atoms with van der Waals surface area (Å²) < 4.78 is 5.06. The zero-order valence-corrected chi connectivity index (χ0v) is 18.9. The van der Waals surface area contributed by atoms with E-state index in [0.717, 1.165) is 5.56 Å². The highest BCUT2D eigenvalue weighted by atomic mass is 35.5. The van der Waals surface area contributed by atoms with Gasteiger partial charge < -0.3 is 15.0 Å². The summed E-state index contributed by atoms with van der Waals surface area (Å²) in [5.74, 6) is 0.434. The lowest BCUT2D eigenvalue weighted by Crippen LogP contribution is -2.41. The SMILES string of the molecule is COc1ccc(NC(=O)c2ccc(CN3C(=O)c4ccc(Cl)cc4CC(=O)[C@H]3C)cc2)nc1. The molecule has 1 aliphatic rings. The molecule has 2 heterocycles. The van der Waals surface area contributed by atoms with Gasteiger partial charge in [0.15, 0.2) is 5.78 Å². The number of ether oxygens (including phenoxy) is 1. The van der Waals surface area contributed by atoms with Gasteiger partial charge in [0.1, 0.15) is 11.6 Å². The van der Waals surface area contributed by atoms with Gasteiger partial charge in [0.05, 0.1) is 19.3 Å². The molecule has 4 rings (SSSR count). The first-order valence-electron chi connectivity index (χ1n) is 10.4. The standard InChI is InChI=1S/C25H22ClN3O4/c1-15-22(30)12-18-11-19(26)7-9-21(18)25(32)29(15)14-16-3-5-17(6-4-16)24(31)28-23-10-8-20(33-2)13-27-23/h3-11,13,15H,12,14H2,1-2H3,(H,27,28,31)/t15-/m1/s1. The summed E-state index contributed by atoms with van der Waals surface area (Å²) in [5, 5.41) is 3.22. The van der Waals surface area contributed by atoms with E-state index in [0.29, 0.717) is 33.3 Å². The predicted octanol–water partition coefficient (Wildman–Crippen LogP) is 4.15. The molecular weight excluding hydrogens is 442 g/mol. The Hall–Kier alpha value is -3.71. The third-order valence-corrected chi connectivity index (χ3v) is 5.87. The Morgan fingerprint density at radius 3 is 2.58 bits per heavy atom. The molecule has 168 valence electrons. The lowest BCUT2D eigenvalue weighted by molar-refractivity contribution is -0.122. The smallest absolute Gasteiger partial charge is 0.256 e. The van der Waals surface area contributed by atoms with Crippen LogP contribution in [0.1, 0.15) is 38.8 Å². The minimum Gasteiger partial charge on any atom is -0.495 e. The van der Waals surface area contributed by atoms with Gasteiger partial charge in [0.25, 0.3) is 11.8 Å². The maximum absolute atomic E-state index is 13.2. The van der Waals surface area contributed by atoms with Crippen LogP contribution in [0.2, 0.25) is 5.02 Å². The predicted molar refractivity (Wildman–Crippen MR) is 125 cm³/mol.